The van der Waals surface area contributed by atoms with Gasteiger partial charge in [-0.05, 0) is 46.9 Å². The van der Waals surface area contributed by atoms with E-state index >= 15 is 0 Å². The van der Waals surface area contributed by atoms with E-state index in [1.165, 1.54) is 30.5 Å². The van der Waals surface area contributed by atoms with Gasteiger partial charge in [0.15, 0.2) is 0 Å². The van der Waals surface area contributed by atoms with Crippen molar-refractivity contribution in [2.45, 2.75) is 6.18 Å². The molecule has 7 heteroatoms. The third kappa shape index (κ3) is 3.14. The maximum absolute atomic E-state index is 13.1. The predicted molar refractivity (Wildman–Crippen MR) is 77.4 cm³/mol. The highest BCUT2D eigenvalue weighted by Gasteiger charge is 2.37. The number of alkyl halides is 3. The zero-order valence-corrected chi connectivity index (χ0v) is 12.8. The van der Waals surface area contributed by atoms with Gasteiger partial charge in [0, 0.05) is 20.4 Å². The summed E-state index contributed by atoms with van der Waals surface area (Å²) < 4.78 is 39.4. The topological polar surface area (TPSA) is 12.9 Å². The van der Waals surface area contributed by atoms with Crippen LogP contribution in [-0.2, 0) is 6.18 Å². The molecule has 1 heterocycles. The van der Waals surface area contributed by atoms with Crippen molar-refractivity contribution in [3.8, 4) is 11.3 Å². The minimum absolute atomic E-state index is 0.0612. The molecule has 0 aliphatic carbocycles. The molecule has 2 aromatic rings. The quantitative estimate of drug-likeness (QED) is 0.544. The average Bonchev–Trinajstić information content (AvgIpc) is 2.30. The molecule has 2 rings (SSSR count). The fourth-order valence-electron chi connectivity index (χ4n) is 1.59. The van der Waals surface area contributed by atoms with Crippen molar-refractivity contribution in [3.63, 3.8) is 0 Å². The Labute approximate surface area is 130 Å². The summed E-state index contributed by atoms with van der Waals surface area (Å²) in [5.74, 6) is 0. The Balaban J connectivity index is 2.76. The number of pyridine rings is 1. The van der Waals surface area contributed by atoms with E-state index in [9.17, 15) is 13.2 Å². The van der Waals surface area contributed by atoms with Gasteiger partial charge in [0.25, 0.3) is 0 Å². The molecule has 100 valence electrons. The molecule has 1 aromatic carbocycles. The van der Waals surface area contributed by atoms with Crippen LogP contribution in [0.2, 0.25) is 10.0 Å². The highest BCUT2D eigenvalue weighted by Crippen LogP contribution is 2.41. The smallest absolute Gasteiger partial charge is 0.255 e. The Bertz CT molecular complexity index is 629. The third-order valence-corrected chi connectivity index (χ3v) is 3.83. The van der Waals surface area contributed by atoms with Gasteiger partial charge in [0.2, 0.25) is 0 Å². The molecule has 0 atom stereocenters. The SMILES string of the molecule is FC(F)(F)c1c(I)ccnc1-c1cc(Cl)ccc1Cl. The second kappa shape index (κ2) is 5.46. The summed E-state index contributed by atoms with van der Waals surface area (Å²) in [6, 6.07) is 5.62. The van der Waals surface area contributed by atoms with Crippen molar-refractivity contribution in [3.05, 3.63) is 49.6 Å². The van der Waals surface area contributed by atoms with Gasteiger partial charge in [-0.3, -0.25) is 4.98 Å². The van der Waals surface area contributed by atoms with Crippen molar-refractivity contribution in [2.75, 3.05) is 0 Å². The predicted octanol–water partition coefficient (Wildman–Crippen LogP) is 5.68. The van der Waals surface area contributed by atoms with Gasteiger partial charge in [-0.2, -0.15) is 13.2 Å². The van der Waals surface area contributed by atoms with Crippen LogP contribution in [0.15, 0.2) is 30.5 Å². The fourth-order valence-corrected chi connectivity index (χ4v) is 2.69. The number of hydrogen-bond donors (Lipinski definition) is 0. The molecule has 1 nitrogen and oxygen atoms in total. The van der Waals surface area contributed by atoms with E-state index in [1.807, 2.05) is 0 Å². The molecule has 0 fully saturated rings. The standard InChI is InChI=1S/C12H5Cl2F3IN/c13-6-1-2-8(14)7(5-6)11-10(12(15,16)17)9(18)3-4-19-11/h1-5H. The van der Waals surface area contributed by atoms with E-state index in [4.69, 9.17) is 23.2 Å². The molecule has 0 spiro atoms. The van der Waals surface area contributed by atoms with Gasteiger partial charge in [-0.1, -0.05) is 23.2 Å². The van der Waals surface area contributed by atoms with Crippen molar-refractivity contribution in [1.29, 1.82) is 0 Å². The van der Waals surface area contributed by atoms with Crippen LogP contribution < -0.4 is 0 Å². The van der Waals surface area contributed by atoms with E-state index in [2.05, 4.69) is 4.98 Å². The third-order valence-electron chi connectivity index (χ3n) is 2.37. The molecule has 1 aromatic heterocycles. The Hall–Kier alpha value is -0.530. The van der Waals surface area contributed by atoms with Gasteiger partial charge in [0.1, 0.15) is 0 Å². The van der Waals surface area contributed by atoms with Crippen LogP contribution in [0.3, 0.4) is 0 Å². The molecule has 0 unspecified atom stereocenters. The van der Waals surface area contributed by atoms with Gasteiger partial charge in [-0.15, -0.1) is 0 Å². The van der Waals surface area contributed by atoms with Crippen molar-refractivity contribution < 1.29 is 13.2 Å². The summed E-state index contributed by atoms with van der Waals surface area (Å²) in [6.45, 7) is 0. The van der Waals surface area contributed by atoms with Crippen molar-refractivity contribution >= 4 is 45.8 Å². The average molecular weight is 418 g/mol. The van der Waals surface area contributed by atoms with E-state index < -0.39 is 11.7 Å². The minimum atomic E-state index is -4.51. The largest absolute Gasteiger partial charge is 0.419 e. The molecule has 0 radical (unpaired) electrons. The first-order valence-electron chi connectivity index (χ1n) is 4.98. The molecule has 0 aliphatic rings. The van der Waals surface area contributed by atoms with Crippen molar-refractivity contribution in [1.82, 2.24) is 4.98 Å². The monoisotopic (exact) mass is 417 g/mol. The van der Waals surface area contributed by atoms with Crippen LogP contribution in [0.25, 0.3) is 11.3 Å². The van der Waals surface area contributed by atoms with E-state index in [0.717, 1.165) is 0 Å². The Morgan fingerprint density at radius 1 is 1.11 bits per heavy atom. The fraction of sp³-hybridized carbons (Fsp3) is 0.0833. The van der Waals surface area contributed by atoms with Crippen LogP contribution >= 0.6 is 45.8 Å². The highest BCUT2D eigenvalue weighted by atomic mass is 127. The Kier molecular flexibility index (Phi) is 4.27. The first-order valence-corrected chi connectivity index (χ1v) is 6.81. The zero-order chi connectivity index (χ0) is 14.2. The number of hydrogen-bond acceptors (Lipinski definition) is 1. The van der Waals surface area contributed by atoms with Crippen LogP contribution in [0.5, 0.6) is 0 Å². The summed E-state index contributed by atoms with van der Waals surface area (Å²) in [5.41, 5.74) is -0.855. The lowest BCUT2D eigenvalue weighted by Gasteiger charge is -2.14. The Morgan fingerprint density at radius 3 is 2.42 bits per heavy atom. The number of rotatable bonds is 1. The van der Waals surface area contributed by atoms with Crippen LogP contribution in [0.4, 0.5) is 13.2 Å². The summed E-state index contributed by atoms with van der Waals surface area (Å²) in [4.78, 5) is 3.81. The number of nitrogens with zero attached hydrogens (tertiary/aromatic N) is 1. The molecular formula is C12H5Cl2F3IN. The van der Waals surface area contributed by atoms with Crippen LogP contribution in [0, 0.1) is 3.57 Å². The molecular weight excluding hydrogens is 413 g/mol. The molecule has 19 heavy (non-hydrogen) atoms. The molecule has 0 saturated heterocycles. The zero-order valence-electron chi connectivity index (χ0n) is 9.10. The first kappa shape index (κ1) is 14.9. The maximum atomic E-state index is 13.1. The summed E-state index contributed by atoms with van der Waals surface area (Å²) in [5, 5.41) is 0.470. The van der Waals surface area contributed by atoms with Gasteiger partial charge < -0.3 is 0 Å². The lowest BCUT2D eigenvalue weighted by atomic mass is 10.1. The minimum Gasteiger partial charge on any atom is -0.255 e. The van der Waals surface area contributed by atoms with Crippen LogP contribution in [0.1, 0.15) is 5.56 Å². The Morgan fingerprint density at radius 2 is 1.79 bits per heavy atom. The normalized spacial score (nSPS) is 11.7. The second-order valence-electron chi connectivity index (χ2n) is 3.64. The van der Waals surface area contributed by atoms with Crippen molar-refractivity contribution in [2.24, 2.45) is 0 Å². The summed E-state index contributed by atoms with van der Waals surface area (Å²) in [6.07, 6.45) is -3.20. The van der Waals surface area contributed by atoms with E-state index in [1.54, 1.807) is 22.6 Å². The molecule has 0 saturated carbocycles. The summed E-state index contributed by atoms with van der Waals surface area (Å²) >= 11 is 13.4. The van der Waals surface area contributed by atoms with Gasteiger partial charge >= 0.3 is 6.18 Å². The number of benzene rings is 1. The molecule has 0 N–H and O–H groups in total. The molecule has 0 amide bonds. The lowest BCUT2D eigenvalue weighted by Crippen LogP contribution is -2.11. The molecule has 0 bridgehead atoms. The van der Waals surface area contributed by atoms with Gasteiger partial charge in [-0.25, -0.2) is 0 Å². The second-order valence-corrected chi connectivity index (χ2v) is 5.64. The number of aromatic nitrogens is 1. The van der Waals surface area contributed by atoms with Crippen LogP contribution in [-0.4, -0.2) is 4.98 Å². The maximum Gasteiger partial charge on any atom is 0.419 e. The summed E-state index contributed by atoms with van der Waals surface area (Å²) in [7, 11) is 0. The highest BCUT2D eigenvalue weighted by molar-refractivity contribution is 14.1. The lowest BCUT2D eigenvalue weighted by molar-refractivity contribution is -0.137. The molecule has 0 aliphatic heterocycles. The van der Waals surface area contributed by atoms with E-state index in [0.29, 0.717) is 5.02 Å². The van der Waals surface area contributed by atoms with Gasteiger partial charge in [0.05, 0.1) is 16.3 Å². The number of halogens is 6. The first-order chi connectivity index (χ1) is 8.80. The van der Waals surface area contributed by atoms with E-state index in [-0.39, 0.29) is 19.9 Å².